The zero-order valence-corrected chi connectivity index (χ0v) is 9.66. The number of hydrogen-bond donors (Lipinski definition) is 1. The van der Waals surface area contributed by atoms with Crippen LogP contribution >= 0.6 is 0 Å². The zero-order chi connectivity index (χ0) is 11.5. The minimum Gasteiger partial charge on any atom is -0.372 e. The van der Waals surface area contributed by atoms with Crippen molar-refractivity contribution in [2.75, 3.05) is 18.5 Å². The molecule has 0 atom stereocenters. The molecule has 0 saturated carbocycles. The van der Waals surface area contributed by atoms with Crippen molar-refractivity contribution in [2.45, 2.75) is 13.3 Å². The molecule has 3 heteroatoms. The molecule has 0 unspecified atom stereocenters. The van der Waals surface area contributed by atoms with Crippen LogP contribution in [-0.2, 0) is 4.79 Å². The molecule has 1 aromatic carbocycles. The van der Waals surface area contributed by atoms with Gasteiger partial charge in [0.15, 0.2) is 0 Å². The summed E-state index contributed by atoms with van der Waals surface area (Å²) >= 11 is 0. The highest BCUT2D eigenvalue weighted by molar-refractivity contribution is 5.92. The van der Waals surface area contributed by atoms with Crippen LogP contribution in [0.25, 0.3) is 10.9 Å². The van der Waals surface area contributed by atoms with Crippen molar-refractivity contribution >= 4 is 22.4 Å². The largest absolute Gasteiger partial charge is 0.372 e. The number of anilines is 1. The number of ketones is 1. The van der Waals surface area contributed by atoms with E-state index in [9.17, 15) is 4.79 Å². The smallest absolute Gasteiger partial charge is 0.131 e. The molecule has 2 aromatic rings. The van der Waals surface area contributed by atoms with Gasteiger partial charge in [0.25, 0.3) is 0 Å². The summed E-state index contributed by atoms with van der Waals surface area (Å²) in [5.41, 5.74) is 2.28. The maximum atomic E-state index is 10.9. The lowest BCUT2D eigenvalue weighted by molar-refractivity contribution is -0.116. The van der Waals surface area contributed by atoms with E-state index >= 15 is 0 Å². The van der Waals surface area contributed by atoms with Crippen molar-refractivity contribution in [3.05, 3.63) is 30.5 Å². The Hall–Kier alpha value is -1.77. The fraction of sp³-hybridized carbons (Fsp3) is 0.308. The number of nitrogens with zero attached hydrogens (tertiary/aromatic N) is 1. The number of aromatic amines is 1. The first-order chi connectivity index (χ1) is 7.68. The molecule has 0 aliphatic carbocycles. The van der Waals surface area contributed by atoms with Crippen LogP contribution in [-0.4, -0.2) is 24.4 Å². The predicted molar refractivity (Wildman–Crippen MR) is 66.9 cm³/mol. The molecule has 1 heterocycles. The maximum Gasteiger partial charge on any atom is 0.131 e. The standard InChI is InChI=1S/C13H16N2O/c1-10(16)7-8-15(2)13-9-14-12-6-4-3-5-11(12)13/h3-6,9,14H,7-8H2,1-2H3. The third-order valence-corrected chi connectivity index (χ3v) is 2.78. The van der Waals surface area contributed by atoms with Gasteiger partial charge >= 0.3 is 0 Å². The molecular formula is C13H16N2O. The summed E-state index contributed by atoms with van der Waals surface area (Å²) in [5, 5.41) is 1.20. The fourth-order valence-corrected chi connectivity index (χ4v) is 1.82. The number of rotatable bonds is 4. The van der Waals surface area contributed by atoms with Crippen LogP contribution < -0.4 is 4.90 Å². The zero-order valence-electron chi connectivity index (χ0n) is 9.66. The molecule has 0 bridgehead atoms. The van der Waals surface area contributed by atoms with E-state index in [1.54, 1.807) is 6.92 Å². The third kappa shape index (κ3) is 2.08. The number of aromatic nitrogens is 1. The van der Waals surface area contributed by atoms with Crippen LogP contribution in [0.4, 0.5) is 5.69 Å². The molecule has 3 nitrogen and oxygen atoms in total. The molecule has 0 aliphatic heterocycles. The van der Waals surface area contributed by atoms with E-state index in [4.69, 9.17) is 0 Å². The number of fused-ring (bicyclic) bond motifs is 1. The van der Waals surface area contributed by atoms with Gasteiger partial charge in [0, 0.05) is 37.1 Å². The first-order valence-corrected chi connectivity index (χ1v) is 5.45. The molecule has 2 rings (SSSR count). The van der Waals surface area contributed by atoms with Gasteiger partial charge in [-0.3, -0.25) is 4.79 Å². The normalized spacial score (nSPS) is 10.6. The minimum atomic E-state index is 0.228. The maximum absolute atomic E-state index is 10.9. The van der Waals surface area contributed by atoms with Gasteiger partial charge in [-0.25, -0.2) is 0 Å². The van der Waals surface area contributed by atoms with Crippen LogP contribution in [0, 0.1) is 0 Å². The Kier molecular flexibility index (Phi) is 2.95. The van der Waals surface area contributed by atoms with E-state index in [0.29, 0.717) is 6.42 Å². The minimum absolute atomic E-state index is 0.228. The van der Waals surface area contributed by atoms with Crippen LogP contribution in [0.2, 0.25) is 0 Å². The van der Waals surface area contributed by atoms with Gasteiger partial charge in [0.05, 0.1) is 5.69 Å². The average molecular weight is 216 g/mol. The van der Waals surface area contributed by atoms with Crippen molar-refractivity contribution in [3.8, 4) is 0 Å². The Morgan fingerprint density at radius 3 is 2.88 bits per heavy atom. The topological polar surface area (TPSA) is 36.1 Å². The second-order valence-corrected chi connectivity index (χ2v) is 4.09. The lowest BCUT2D eigenvalue weighted by atomic mass is 10.2. The second-order valence-electron chi connectivity index (χ2n) is 4.09. The Morgan fingerprint density at radius 1 is 1.38 bits per heavy atom. The average Bonchev–Trinajstić information content (AvgIpc) is 2.69. The number of Topliss-reactive ketones (excluding diaryl/α,β-unsaturated/α-hetero) is 1. The highest BCUT2D eigenvalue weighted by Gasteiger charge is 2.07. The number of H-pyrrole nitrogens is 1. The summed E-state index contributed by atoms with van der Waals surface area (Å²) in [5.74, 6) is 0.228. The first-order valence-electron chi connectivity index (χ1n) is 5.45. The number of carbonyl (C=O) groups excluding carboxylic acids is 1. The fourth-order valence-electron chi connectivity index (χ4n) is 1.82. The summed E-state index contributed by atoms with van der Waals surface area (Å²) in [7, 11) is 2.01. The molecule has 0 saturated heterocycles. The van der Waals surface area contributed by atoms with Crippen LogP contribution in [0.5, 0.6) is 0 Å². The van der Waals surface area contributed by atoms with Crippen LogP contribution in [0.1, 0.15) is 13.3 Å². The molecular weight excluding hydrogens is 200 g/mol. The molecule has 16 heavy (non-hydrogen) atoms. The van der Waals surface area contributed by atoms with Crippen LogP contribution in [0.3, 0.4) is 0 Å². The molecule has 84 valence electrons. The summed E-state index contributed by atoms with van der Waals surface area (Å²) in [6.07, 6.45) is 2.58. The van der Waals surface area contributed by atoms with Gasteiger partial charge in [-0.05, 0) is 13.0 Å². The summed E-state index contributed by atoms with van der Waals surface area (Å²) < 4.78 is 0. The van der Waals surface area contributed by atoms with Gasteiger partial charge in [-0.1, -0.05) is 18.2 Å². The number of para-hydroxylation sites is 1. The summed E-state index contributed by atoms with van der Waals surface area (Å²) in [6.45, 7) is 2.39. The summed E-state index contributed by atoms with van der Waals surface area (Å²) in [4.78, 5) is 16.3. The Morgan fingerprint density at radius 2 is 2.12 bits per heavy atom. The van der Waals surface area contributed by atoms with Gasteiger partial charge in [-0.15, -0.1) is 0 Å². The van der Waals surface area contributed by atoms with Crippen molar-refractivity contribution < 1.29 is 4.79 Å². The molecule has 0 fully saturated rings. The number of hydrogen-bond acceptors (Lipinski definition) is 2. The van der Waals surface area contributed by atoms with Gasteiger partial charge in [-0.2, -0.15) is 0 Å². The van der Waals surface area contributed by atoms with Crippen molar-refractivity contribution in [3.63, 3.8) is 0 Å². The highest BCUT2D eigenvalue weighted by Crippen LogP contribution is 2.25. The Bertz CT molecular complexity index is 501. The monoisotopic (exact) mass is 216 g/mol. The highest BCUT2D eigenvalue weighted by atomic mass is 16.1. The molecule has 1 aromatic heterocycles. The lowest BCUT2D eigenvalue weighted by Gasteiger charge is -2.17. The number of nitrogens with one attached hydrogen (secondary N) is 1. The number of carbonyl (C=O) groups is 1. The molecule has 0 amide bonds. The SMILES string of the molecule is CC(=O)CCN(C)c1c[nH]c2ccccc12. The van der Waals surface area contributed by atoms with E-state index in [1.807, 2.05) is 25.4 Å². The molecule has 1 N–H and O–H groups in total. The van der Waals surface area contributed by atoms with E-state index in [1.165, 1.54) is 5.39 Å². The van der Waals surface area contributed by atoms with Crippen molar-refractivity contribution in [1.29, 1.82) is 0 Å². The van der Waals surface area contributed by atoms with Gasteiger partial charge in [0.1, 0.15) is 5.78 Å². The number of benzene rings is 1. The van der Waals surface area contributed by atoms with E-state index in [0.717, 1.165) is 17.7 Å². The van der Waals surface area contributed by atoms with Gasteiger partial charge in [0.2, 0.25) is 0 Å². The summed E-state index contributed by atoms with van der Waals surface area (Å²) in [6, 6.07) is 8.18. The van der Waals surface area contributed by atoms with Crippen molar-refractivity contribution in [1.82, 2.24) is 4.98 Å². The quantitative estimate of drug-likeness (QED) is 0.852. The molecule has 0 radical (unpaired) electrons. The Balaban J connectivity index is 2.22. The molecule has 0 spiro atoms. The van der Waals surface area contributed by atoms with Crippen molar-refractivity contribution in [2.24, 2.45) is 0 Å². The Labute approximate surface area is 95.1 Å². The van der Waals surface area contributed by atoms with E-state index < -0.39 is 0 Å². The third-order valence-electron chi connectivity index (χ3n) is 2.78. The van der Waals surface area contributed by atoms with E-state index in [2.05, 4.69) is 22.0 Å². The lowest BCUT2D eigenvalue weighted by Crippen LogP contribution is -2.19. The second kappa shape index (κ2) is 4.39. The van der Waals surface area contributed by atoms with E-state index in [-0.39, 0.29) is 5.78 Å². The first kappa shape index (κ1) is 10.7. The molecule has 0 aliphatic rings. The predicted octanol–water partition coefficient (Wildman–Crippen LogP) is 2.58. The van der Waals surface area contributed by atoms with Crippen LogP contribution in [0.15, 0.2) is 30.5 Å². The van der Waals surface area contributed by atoms with Gasteiger partial charge < -0.3 is 9.88 Å².